The fourth-order valence-corrected chi connectivity index (χ4v) is 3.51. The van der Waals surface area contributed by atoms with E-state index in [1.54, 1.807) is 35.2 Å². The summed E-state index contributed by atoms with van der Waals surface area (Å²) < 4.78 is 27.1. The van der Waals surface area contributed by atoms with Crippen LogP contribution in [0.2, 0.25) is 0 Å². The summed E-state index contributed by atoms with van der Waals surface area (Å²) in [4.78, 5) is 17.7. The molecule has 3 rings (SSSR count). The number of amides is 1. The molecule has 1 aliphatic heterocycles. The van der Waals surface area contributed by atoms with Crippen molar-refractivity contribution in [2.45, 2.75) is 24.2 Å². The van der Waals surface area contributed by atoms with E-state index < -0.39 is 10.0 Å². The number of anilines is 2. The summed E-state index contributed by atoms with van der Waals surface area (Å²) in [6.07, 6.45) is 3.94. The van der Waals surface area contributed by atoms with Crippen molar-refractivity contribution < 1.29 is 13.2 Å². The Morgan fingerprint density at radius 2 is 1.83 bits per heavy atom. The molecular weight excluding hydrogens is 314 g/mol. The molecule has 0 aliphatic carbocycles. The second kappa shape index (κ2) is 6.37. The number of pyridine rings is 1. The Morgan fingerprint density at radius 1 is 1.04 bits per heavy atom. The first-order valence-corrected chi connectivity index (χ1v) is 8.89. The minimum absolute atomic E-state index is 0.0819. The zero-order valence-corrected chi connectivity index (χ0v) is 13.3. The molecule has 0 atom stereocenters. The van der Waals surface area contributed by atoms with Crippen LogP contribution in [-0.4, -0.2) is 25.9 Å². The number of hydrogen-bond donors (Lipinski definition) is 1. The van der Waals surface area contributed by atoms with Crippen molar-refractivity contribution in [2.75, 3.05) is 16.2 Å². The highest BCUT2D eigenvalue weighted by Crippen LogP contribution is 2.23. The van der Waals surface area contributed by atoms with E-state index in [-0.39, 0.29) is 16.6 Å². The number of carbonyl (C=O) groups is 1. The quantitative estimate of drug-likeness (QED) is 0.933. The first-order chi connectivity index (χ1) is 11.1. The van der Waals surface area contributed by atoms with Gasteiger partial charge in [-0.25, -0.2) is 13.4 Å². The second-order valence-electron chi connectivity index (χ2n) is 5.32. The lowest BCUT2D eigenvalue weighted by Gasteiger charge is -2.26. The fraction of sp³-hybridized carbons (Fsp3) is 0.250. The molecule has 0 spiro atoms. The lowest BCUT2D eigenvalue weighted by molar-refractivity contribution is -0.119. The van der Waals surface area contributed by atoms with Crippen LogP contribution in [-0.2, 0) is 14.8 Å². The third-order valence-electron chi connectivity index (χ3n) is 3.69. The van der Waals surface area contributed by atoms with Crippen LogP contribution < -0.4 is 9.62 Å². The molecular formula is C16H17N3O3S. The van der Waals surface area contributed by atoms with Crippen molar-refractivity contribution in [3.8, 4) is 0 Å². The monoisotopic (exact) mass is 331 g/mol. The molecule has 2 heterocycles. The highest BCUT2D eigenvalue weighted by molar-refractivity contribution is 7.92. The summed E-state index contributed by atoms with van der Waals surface area (Å²) in [5.41, 5.74) is 0.728. The van der Waals surface area contributed by atoms with Crippen molar-refractivity contribution >= 4 is 27.4 Å². The third-order valence-corrected chi connectivity index (χ3v) is 5.06. The maximum atomic E-state index is 12.3. The average molecular weight is 331 g/mol. The van der Waals surface area contributed by atoms with E-state index in [4.69, 9.17) is 0 Å². The number of aromatic nitrogens is 1. The molecule has 1 aromatic carbocycles. The highest BCUT2D eigenvalue weighted by atomic mass is 32.2. The molecule has 23 heavy (non-hydrogen) atoms. The first kappa shape index (κ1) is 15.5. The van der Waals surface area contributed by atoms with Crippen molar-refractivity contribution in [3.05, 3.63) is 48.7 Å². The van der Waals surface area contributed by atoms with Gasteiger partial charge in [-0.2, -0.15) is 0 Å². The number of rotatable bonds is 4. The molecule has 1 aromatic heterocycles. The molecule has 0 bridgehead atoms. The van der Waals surface area contributed by atoms with Gasteiger partial charge in [-0.05, 0) is 49.2 Å². The van der Waals surface area contributed by atoms with Crippen LogP contribution in [0.4, 0.5) is 11.5 Å². The summed E-state index contributed by atoms with van der Waals surface area (Å²) in [7, 11) is -3.69. The Labute approximate surface area is 135 Å². The Hall–Kier alpha value is -2.41. The number of nitrogens with zero attached hydrogens (tertiary/aromatic N) is 2. The average Bonchev–Trinajstić information content (AvgIpc) is 2.56. The van der Waals surface area contributed by atoms with E-state index in [1.807, 2.05) is 0 Å². The van der Waals surface area contributed by atoms with Crippen LogP contribution in [0.5, 0.6) is 0 Å². The second-order valence-corrected chi connectivity index (χ2v) is 7.00. The molecule has 1 aliphatic rings. The van der Waals surface area contributed by atoms with Crippen LogP contribution in [0.15, 0.2) is 53.6 Å². The molecule has 1 fully saturated rings. The van der Waals surface area contributed by atoms with Crippen molar-refractivity contribution in [1.29, 1.82) is 0 Å². The largest absolute Gasteiger partial charge is 0.312 e. The van der Waals surface area contributed by atoms with Crippen molar-refractivity contribution in [1.82, 2.24) is 4.98 Å². The van der Waals surface area contributed by atoms with E-state index in [2.05, 4.69) is 9.71 Å². The van der Waals surface area contributed by atoms with E-state index in [1.165, 1.54) is 18.3 Å². The maximum absolute atomic E-state index is 12.3. The van der Waals surface area contributed by atoms with Gasteiger partial charge in [0, 0.05) is 24.8 Å². The zero-order chi connectivity index (χ0) is 16.3. The van der Waals surface area contributed by atoms with Crippen LogP contribution >= 0.6 is 0 Å². The molecule has 0 unspecified atom stereocenters. The number of nitrogens with one attached hydrogen (secondary N) is 1. The summed E-state index contributed by atoms with van der Waals surface area (Å²) in [5.74, 6) is 0.348. The predicted octanol–water partition coefficient (Wildman–Crippen LogP) is 2.40. The first-order valence-electron chi connectivity index (χ1n) is 7.40. The molecule has 7 heteroatoms. The molecule has 0 saturated carbocycles. The van der Waals surface area contributed by atoms with Crippen LogP contribution in [0.3, 0.4) is 0 Å². The minimum Gasteiger partial charge on any atom is -0.312 e. The molecule has 1 amide bonds. The van der Waals surface area contributed by atoms with Gasteiger partial charge in [-0.3, -0.25) is 9.52 Å². The minimum atomic E-state index is -3.69. The van der Waals surface area contributed by atoms with Gasteiger partial charge in [0.1, 0.15) is 5.82 Å². The molecule has 0 radical (unpaired) electrons. The van der Waals surface area contributed by atoms with E-state index >= 15 is 0 Å². The van der Waals surface area contributed by atoms with Crippen LogP contribution in [0.1, 0.15) is 19.3 Å². The molecule has 6 nitrogen and oxygen atoms in total. The SMILES string of the molecule is O=C1CCCCN1c1ccc(S(=O)(=O)Nc2ccccn2)cc1. The summed E-state index contributed by atoms with van der Waals surface area (Å²) in [6, 6.07) is 11.3. The number of carbonyl (C=O) groups excluding carboxylic acids is 1. The highest BCUT2D eigenvalue weighted by Gasteiger charge is 2.21. The molecule has 1 N–H and O–H groups in total. The third kappa shape index (κ3) is 3.50. The predicted molar refractivity (Wildman–Crippen MR) is 87.7 cm³/mol. The van der Waals surface area contributed by atoms with Gasteiger partial charge < -0.3 is 4.90 Å². The van der Waals surface area contributed by atoms with Gasteiger partial charge in [0.15, 0.2) is 0 Å². The molecule has 1 saturated heterocycles. The van der Waals surface area contributed by atoms with Crippen molar-refractivity contribution in [2.24, 2.45) is 0 Å². The topological polar surface area (TPSA) is 79.4 Å². The van der Waals surface area contributed by atoms with Crippen LogP contribution in [0, 0.1) is 0 Å². The molecule has 2 aromatic rings. The van der Waals surface area contributed by atoms with Gasteiger partial charge in [-0.1, -0.05) is 6.07 Å². The van der Waals surface area contributed by atoms with E-state index in [9.17, 15) is 13.2 Å². The zero-order valence-electron chi connectivity index (χ0n) is 12.5. The number of hydrogen-bond acceptors (Lipinski definition) is 4. The van der Waals surface area contributed by atoms with Crippen LogP contribution in [0.25, 0.3) is 0 Å². The van der Waals surface area contributed by atoms with Gasteiger partial charge in [0.2, 0.25) is 5.91 Å². The smallest absolute Gasteiger partial charge is 0.263 e. The molecule has 120 valence electrons. The van der Waals surface area contributed by atoms with Gasteiger partial charge in [-0.15, -0.1) is 0 Å². The Balaban J connectivity index is 1.80. The number of benzene rings is 1. The summed E-state index contributed by atoms with van der Waals surface area (Å²) in [5, 5.41) is 0. The standard InChI is InChI=1S/C16H17N3O3S/c20-16-6-2-4-12-19(16)13-7-9-14(10-8-13)23(21,22)18-15-5-1-3-11-17-15/h1,3,5,7-11H,2,4,6,12H2,(H,17,18). The normalized spacial score (nSPS) is 15.5. The number of sulfonamides is 1. The van der Waals surface area contributed by atoms with Gasteiger partial charge in [0.25, 0.3) is 10.0 Å². The van der Waals surface area contributed by atoms with Crippen molar-refractivity contribution in [3.63, 3.8) is 0 Å². The van der Waals surface area contributed by atoms with Gasteiger partial charge in [0.05, 0.1) is 4.90 Å². The summed E-state index contributed by atoms with van der Waals surface area (Å²) in [6.45, 7) is 0.678. The lowest BCUT2D eigenvalue weighted by Crippen LogP contribution is -2.35. The Morgan fingerprint density at radius 3 is 2.48 bits per heavy atom. The summed E-state index contributed by atoms with van der Waals surface area (Å²) >= 11 is 0. The van der Waals surface area contributed by atoms with Gasteiger partial charge >= 0.3 is 0 Å². The Kier molecular flexibility index (Phi) is 4.29. The number of piperidine rings is 1. The Bertz CT molecular complexity index is 789. The maximum Gasteiger partial charge on any atom is 0.263 e. The van der Waals surface area contributed by atoms with E-state index in [0.29, 0.717) is 13.0 Å². The lowest BCUT2D eigenvalue weighted by atomic mass is 10.1. The van der Waals surface area contributed by atoms with E-state index in [0.717, 1.165) is 18.5 Å². The fourth-order valence-electron chi connectivity index (χ4n) is 2.50.